The second-order valence-corrected chi connectivity index (χ2v) is 3.86. The molecule has 0 heterocycles. The van der Waals surface area contributed by atoms with E-state index in [1.165, 1.54) is 0 Å². The normalized spacial score (nSPS) is 15.2. The van der Waals surface area contributed by atoms with E-state index in [2.05, 4.69) is 5.16 Å². The molecular weight excluding hydrogens is 226 g/mol. The van der Waals surface area contributed by atoms with Gasteiger partial charge in [-0.15, -0.1) is 0 Å². The van der Waals surface area contributed by atoms with Crippen molar-refractivity contribution in [1.29, 1.82) is 5.26 Å². The fourth-order valence-corrected chi connectivity index (χ4v) is 1.64. The first-order valence-electron chi connectivity index (χ1n) is 4.69. The lowest BCUT2D eigenvalue weighted by Gasteiger charge is -2.18. The van der Waals surface area contributed by atoms with Crippen molar-refractivity contribution in [1.82, 2.24) is 0 Å². The van der Waals surface area contributed by atoms with E-state index in [-0.39, 0.29) is 0 Å². The van der Waals surface area contributed by atoms with Crippen LogP contribution in [0.2, 0.25) is 5.02 Å². The molecule has 4 nitrogen and oxygen atoms in total. The van der Waals surface area contributed by atoms with Gasteiger partial charge in [0.05, 0.1) is 17.7 Å². The summed E-state index contributed by atoms with van der Waals surface area (Å²) >= 11 is 5.77. The Bertz CT molecular complexity index is 422. The molecule has 16 heavy (non-hydrogen) atoms. The number of benzene rings is 1. The second-order valence-electron chi connectivity index (χ2n) is 3.43. The summed E-state index contributed by atoms with van der Waals surface area (Å²) in [6.07, 6.45) is 0. The summed E-state index contributed by atoms with van der Waals surface area (Å²) in [6, 6.07) is 8.13. The van der Waals surface area contributed by atoms with E-state index >= 15 is 0 Å². The van der Waals surface area contributed by atoms with Crippen LogP contribution in [0.3, 0.4) is 0 Å². The largest absolute Gasteiger partial charge is 0.411 e. The summed E-state index contributed by atoms with van der Waals surface area (Å²) in [5.74, 6) is -0.424. The zero-order valence-corrected chi connectivity index (χ0v) is 9.52. The first-order valence-corrected chi connectivity index (χ1v) is 5.07. The number of rotatable bonds is 3. The summed E-state index contributed by atoms with van der Waals surface area (Å²) < 4.78 is 0. The zero-order chi connectivity index (χ0) is 12.1. The van der Waals surface area contributed by atoms with Crippen LogP contribution < -0.4 is 5.73 Å². The Kier molecular flexibility index (Phi) is 4.29. The third kappa shape index (κ3) is 2.72. The number of hydrogen-bond donors (Lipinski definition) is 2. The summed E-state index contributed by atoms with van der Waals surface area (Å²) in [5.41, 5.74) is 6.88. The molecule has 2 unspecified atom stereocenters. The van der Waals surface area contributed by atoms with Crippen LogP contribution in [0.25, 0.3) is 0 Å². The van der Waals surface area contributed by atoms with Crippen molar-refractivity contribution in [2.75, 3.05) is 0 Å². The maximum atomic E-state index is 8.83. The molecule has 0 aromatic heterocycles. The van der Waals surface area contributed by atoms with Crippen molar-refractivity contribution < 1.29 is 5.21 Å². The Balaban J connectivity index is 3.12. The van der Waals surface area contributed by atoms with Gasteiger partial charge < -0.3 is 10.9 Å². The molecule has 2 atom stereocenters. The Morgan fingerprint density at radius 3 is 2.50 bits per heavy atom. The Morgan fingerprint density at radius 2 is 2.06 bits per heavy atom. The Morgan fingerprint density at radius 1 is 1.50 bits per heavy atom. The van der Waals surface area contributed by atoms with Crippen LogP contribution in [0.4, 0.5) is 0 Å². The molecule has 0 aliphatic rings. The van der Waals surface area contributed by atoms with Crippen molar-refractivity contribution in [3.8, 4) is 6.07 Å². The smallest absolute Gasteiger partial charge is 0.105 e. The van der Waals surface area contributed by atoms with Crippen molar-refractivity contribution >= 4 is 17.3 Å². The van der Waals surface area contributed by atoms with E-state index in [4.69, 9.17) is 27.8 Å². The molecule has 1 aromatic rings. The van der Waals surface area contributed by atoms with Crippen LogP contribution in [0.1, 0.15) is 18.4 Å². The lowest BCUT2D eigenvalue weighted by Crippen LogP contribution is -2.31. The monoisotopic (exact) mass is 237 g/mol. The molecular formula is C11H12ClN3O. The average molecular weight is 238 g/mol. The van der Waals surface area contributed by atoms with E-state index in [9.17, 15) is 0 Å². The van der Waals surface area contributed by atoms with E-state index < -0.39 is 12.0 Å². The van der Waals surface area contributed by atoms with E-state index in [0.29, 0.717) is 10.7 Å². The van der Waals surface area contributed by atoms with Crippen molar-refractivity contribution in [2.24, 2.45) is 10.9 Å². The van der Waals surface area contributed by atoms with Gasteiger partial charge in [-0.1, -0.05) is 28.9 Å². The summed E-state index contributed by atoms with van der Waals surface area (Å²) in [4.78, 5) is 0. The van der Waals surface area contributed by atoms with Crippen molar-refractivity contribution in [3.63, 3.8) is 0 Å². The molecule has 0 saturated heterocycles. The minimum Gasteiger partial charge on any atom is -0.411 e. The van der Waals surface area contributed by atoms with Crippen LogP contribution in [0.5, 0.6) is 0 Å². The third-order valence-electron chi connectivity index (χ3n) is 2.35. The molecule has 0 radical (unpaired) electrons. The van der Waals surface area contributed by atoms with Gasteiger partial charge in [-0.2, -0.15) is 5.26 Å². The molecule has 0 aliphatic heterocycles. The number of nitriles is 1. The maximum absolute atomic E-state index is 8.83. The minimum absolute atomic E-state index is 0.399. The van der Waals surface area contributed by atoms with Crippen LogP contribution >= 0.6 is 11.6 Å². The Labute approximate surface area is 98.9 Å². The second kappa shape index (κ2) is 5.50. The summed E-state index contributed by atoms with van der Waals surface area (Å²) in [5, 5.41) is 21.3. The molecule has 1 rings (SSSR count). The Hall–Kier alpha value is -1.57. The molecule has 3 N–H and O–H groups in total. The van der Waals surface area contributed by atoms with Gasteiger partial charge in [0.1, 0.15) is 6.04 Å². The average Bonchev–Trinajstić information content (AvgIpc) is 2.31. The van der Waals surface area contributed by atoms with Gasteiger partial charge in [0.25, 0.3) is 0 Å². The standard InChI is InChI=1S/C11H12ClN3O/c1-7(15-16)11(10(14)6-13)8-2-4-9(12)5-3-8/h2-5,10-11,16H,14H2,1H3. The maximum Gasteiger partial charge on any atom is 0.105 e. The van der Waals surface area contributed by atoms with Crippen molar-refractivity contribution in [2.45, 2.75) is 18.9 Å². The minimum atomic E-state index is -0.753. The van der Waals surface area contributed by atoms with Gasteiger partial charge in [0, 0.05) is 5.02 Å². The molecule has 0 bridgehead atoms. The predicted molar refractivity (Wildman–Crippen MR) is 62.7 cm³/mol. The molecule has 1 aromatic carbocycles. The molecule has 0 aliphatic carbocycles. The topological polar surface area (TPSA) is 82.4 Å². The molecule has 0 spiro atoms. The van der Waals surface area contributed by atoms with Gasteiger partial charge in [-0.25, -0.2) is 0 Å². The quantitative estimate of drug-likeness (QED) is 0.480. The van der Waals surface area contributed by atoms with Crippen LogP contribution in [0, 0.1) is 11.3 Å². The highest BCUT2D eigenvalue weighted by molar-refractivity contribution is 6.30. The summed E-state index contributed by atoms with van der Waals surface area (Å²) in [7, 11) is 0. The van der Waals surface area contributed by atoms with E-state index in [1.54, 1.807) is 31.2 Å². The molecule has 0 amide bonds. The SMILES string of the molecule is CC(=NO)C(c1ccc(Cl)cc1)C(N)C#N. The highest BCUT2D eigenvalue weighted by atomic mass is 35.5. The number of oxime groups is 1. The van der Waals surface area contributed by atoms with Gasteiger partial charge in [-0.05, 0) is 24.6 Å². The number of nitrogens with zero attached hydrogens (tertiary/aromatic N) is 2. The van der Waals surface area contributed by atoms with Crippen molar-refractivity contribution in [3.05, 3.63) is 34.9 Å². The number of nitrogens with two attached hydrogens (primary N) is 1. The zero-order valence-electron chi connectivity index (χ0n) is 8.76. The van der Waals surface area contributed by atoms with Gasteiger partial charge in [0.2, 0.25) is 0 Å². The summed E-state index contributed by atoms with van der Waals surface area (Å²) in [6.45, 7) is 1.62. The van der Waals surface area contributed by atoms with Crippen LogP contribution in [-0.4, -0.2) is 17.0 Å². The van der Waals surface area contributed by atoms with Gasteiger partial charge in [-0.3, -0.25) is 0 Å². The highest BCUT2D eigenvalue weighted by Crippen LogP contribution is 2.22. The number of hydrogen-bond acceptors (Lipinski definition) is 4. The van der Waals surface area contributed by atoms with Crippen LogP contribution in [0.15, 0.2) is 29.4 Å². The fraction of sp³-hybridized carbons (Fsp3) is 0.273. The molecule has 0 saturated carbocycles. The fourth-order valence-electron chi connectivity index (χ4n) is 1.52. The van der Waals surface area contributed by atoms with E-state index in [1.807, 2.05) is 6.07 Å². The van der Waals surface area contributed by atoms with Gasteiger partial charge in [0.15, 0.2) is 0 Å². The van der Waals surface area contributed by atoms with E-state index in [0.717, 1.165) is 5.56 Å². The first-order chi connectivity index (χ1) is 7.60. The van der Waals surface area contributed by atoms with Crippen LogP contribution in [-0.2, 0) is 0 Å². The molecule has 5 heteroatoms. The third-order valence-corrected chi connectivity index (χ3v) is 2.60. The lowest BCUT2D eigenvalue weighted by molar-refractivity contribution is 0.316. The molecule has 0 fully saturated rings. The predicted octanol–water partition coefficient (Wildman–Crippen LogP) is 2.12. The first kappa shape index (κ1) is 12.5. The lowest BCUT2D eigenvalue weighted by atomic mass is 9.89. The molecule has 84 valence electrons. The van der Waals surface area contributed by atoms with Gasteiger partial charge >= 0.3 is 0 Å². The number of halogens is 1. The highest BCUT2D eigenvalue weighted by Gasteiger charge is 2.23.